The first-order chi connectivity index (χ1) is 11.0. The van der Waals surface area contributed by atoms with Crippen molar-refractivity contribution in [2.45, 2.75) is 26.7 Å². The molecule has 0 radical (unpaired) electrons. The minimum atomic E-state index is -0.372. The monoisotopic (exact) mass is 336 g/mol. The van der Waals surface area contributed by atoms with Gasteiger partial charge in [0.05, 0.1) is 6.61 Å². The molecule has 0 aliphatic heterocycles. The largest absolute Gasteiger partial charge is 0.494 e. The molecule has 0 heterocycles. The summed E-state index contributed by atoms with van der Waals surface area (Å²) in [4.78, 5) is 11.7. The van der Waals surface area contributed by atoms with Crippen LogP contribution in [0.1, 0.15) is 24.0 Å². The van der Waals surface area contributed by atoms with Gasteiger partial charge in [0.1, 0.15) is 17.3 Å². The summed E-state index contributed by atoms with van der Waals surface area (Å²) in [5.74, 6) is 0.327. The molecule has 2 aromatic carbocycles. The molecule has 122 valence electrons. The lowest BCUT2D eigenvalue weighted by Gasteiger charge is -2.10. The minimum absolute atomic E-state index is 0.225. The van der Waals surface area contributed by atoms with E-state index in [1.54, 1.807) is 0 Å². The van der Waals surface area contributed by atoms with E-state index in [1.165, 1.54) is 24.3 Å². The molecule has 0 bridgehead atoms. The van der Waals surface area contributed by atoms with Crippen molar-refractivity contribution in [2.24, 2.45) is 0 Å². The van der Waals surface area contributed by atoms with Crippen LogP contribution >= 0.6 is 11.6 Å². The van der Waals surface area contributed by atoms with Gasteiger partial charge in [0.2, 0.25) is 0 Å². The second-order valence-electron chi connectivity index (χ2n) is 5.25. The first-order valence-corrected chi connectivity index (χ1v) is 7.69. The standard InChI is InChI=1S/C18H18ClFO3/c1-12-10-16(11-13(2)18(12)19)22-9-3-4-17(21)23-15-7-5-14(20)6-8-15/h5-8,10-11H,3-4,9H2,1-2H3. The van der Waals surface area contributed by atoms with Gasteiger partial charge >= 0.3 is 5.97 Å². The first kappa shape index (κ1) is 17.3. The van der Waals surface area contributed by atoms with Gasteiger partial charge in [-0.15, -0.1) is 0 Å². The highest BCUT2D eigenvalue weighted by Gasteiger charge is 2.07. The average molecular weight is 337 g/mol. The summed E-state index contributed by atoms with van der Waals surface area (Å²) in [5, 5.41) is 0.736. The Hall–Kier alpha value is -2.07. The van der Waals surface area contributed by atoms with E-state index in [4.69, 9.17) is 21.1 Å². The van der Waals surface area contributed by atoms with Crippen LogP contribution in [0.5, 0.6) is 11.5 Å². The molecule has 0 fully saturated rings. The van der Waals surface area contributed by atoms with Gasteiger partial charge < -0.3 is 9.47 Å². The van der Waals surface area contributed by atoms with E-state index in [0.717, 1.165) is 21.9 Å². The zero-order valence-electron chi connectivity index (χ0n) is 13.1. The highest BCUT2D eigenvalue weighted by atomic mass is 35.5. The lowest BCUT2D eigenvalue weighted by atomic mass is 10.1. The van der Waals surface area contributed by atoms with Crippen LogP contribution < -0.4 is 9.47 Å². The molecule has 0 saturated carbocycles. The van der Waals surface area contributed by atoms with E-state index in [-0.39, 0.29) is 18.2 Å². The number of rotatable bonds is 6. The molecule has 0 spiro atoms. The number of hydrogen-bond acceptors (Lipinski definition) is 3. The van der Waals surface area contributed by atoms with Gasteiger partial charge in [-0.25, -0.2) is 4.39 Å². The maximum Gasteiger partial charge on any atom is 0.311 e. The highest BCUT2D eigenvalue weighted by molar-refractivity contribution is 6.32. The minimum Gasteiger partial charge on any atom is -0.494 e. The smallest absolute Gasteiger partial charge is 0.311 e. The van der Waals surface area contributed by atoms with Crippen LogP contribution in [0.4, 0.5) is 4.39 Å². The number of benzene rings is 2. The number of aryl methyl sites for hydroxylation is 2. The Morgan fingerprint density at radius 2 is 1.70 bits per heavy atom. The van der Waals surface area contributed by atoms with Crippen molar-refractivity contribution in [1.29, 1.82) is 0 Å². The van der Waals surface area contributed by atoms with Gasteiger partial charge in [-0.05, 0) is 67.8 Å². The zero-order chi connectivity index (χ0) is 16.8. The maximum absolute atomic E-state index is 12.8. The van der Waals surface area contributed by atoms with Crippen molar-refractivity contribution in [3.05, 3.63) is 58.4 Å². The SMILES string of the molecule is Cc1cc(OCCCC(=O)Oc2ccc(F)cc2)cc(C)c1Cl. The molecule has 23 heavy (non-hydrogen) atoms. The van der Waals surface area contributed by atoms with Gasteiger partial charge in [-0.2, -0.15) is 0 Å². The summed E-state index contributed by atoms with van der Waals surface area (Å²) >= 11 is 6.10. The van der Waals surface area contributed by atoms with Crippen LogP contribution in [0.25, 0.3) is 0 Å². The Bertz CT molecular complexity index is 660. The number of halogens is 2. The van der Waals surface area contributed by atoms with E-state index < -0.39 is 0 Å². The van der Waals surface area contributed by atoms with Gasteiger partial charge in [0.15, 0.2) is 0 Å². The summed E-state index contributed by atoms with van der Waals surface area (Å²) in [6, 6.07) is 9.07. The third-order valence-electron chi connectivity index (χ3n) is 3.25. The Morgan fingerprint density at radius 3 is 2.30 bits per heavy atom. The van der Waals surface area contributed by atoms with Crippen molar-refractivity contribution in [1.82, 2.24) is 0 Å². The number of carbonyl (C=O) groups excluding carboxylic acids is 1. The second kappa shape index (κ2) is 7.97. The Kier molecular flexibility index (Phi) is 5.99. The lowest BCUT2D eigenvalue weighted by molar-refractivity contribution is -0.134. The predicted octanol–water partition coefficient (Wildman–Crippen LogP) is 4.86. The van der Waals surface area contributed by atoms with Crippen LogP contribution in [0.3, 0.4) is 0 Å². The van der Waals surface area contributed by atoms with Crippen molar-refractivity contribution < 1.29 is 18.7 Å². The molecule has 2 aromatic rings. The number of ether oxygens (including phenoxy) is 2. The molecule has 0 N–H and O–H groups in total. The van der Waals surface area contributed by atoms with Crippen LogP contribution in [0, 0.1) is 19.7 Å². The zero-order valence-corrected chi connectivity index (χ0v) is 13.8. The predicted molar refractivity (Wildman–Crippen MR) is 87.7 cm³/mol. The summed E-state index contributed by atoms with van der Waals surface area (Å²) in [5.41, 5.74) is 1.91. The van der Waals surface area contributed by atoms with Crippen molar-refractivity contribution in [2.75, 3.05) is 6.61 Å². The molecule has 0 atom stereocenters. The topological polar surface area (TPSA) is 35.5 Å². The van der Waals surface area contributed by atoms with Crippen molar-refractivity contribution >= 4 is 17.6 Å². The molecule has 5 heteroatoms. The molecule has 0 aromatic heterocycles. The molecular weight excluding hydrogens is 319 g/mol. The molecule has 0 unspecified atom stereocenters. The van der Waals surface area contributed by atoms with Crippen molar-refractivity contribution in [3.8, 4) is 11.5 Å². The third-order valence-corrected chi connectivity index (χ3v) is 3.85. The summed E-state index contributed by atoms with van der Waals surface area (Å²) < 4.78 is 23.5. The van der Waals surface area contributed by atoms with E-state index in [0.29, 0.717) is 18.8 Å². The Balaban J connectivity index is 1.74. The molecule has 2 rings (SSSR count). The van der Waals surface area contributed by atoms with Crippen LogP contribution in [0.15, 0.2) is 36.4 Å². The molecule has 0 aliphatic carbocycles. The number of hydrogen-bond donors (Lipinski definition) is 0. The highest BCUT2D eigenvalue weighted by Crippen LogP contribution is 2.26. The van der Waals surface area contributed by atoms with Gasteiger partial charge in [0, 0.05) is 11.4 Å². The number of carbonyl (C=O) groups is 1. The maximum atomic E-state index is 12.8. The fourth-order valence-electron chi connectivity index (χ4n) is 2.08. The molecule has 3 nitrogen and oxygen atoms in total. The number of esters is 1. The first-order valence-electron chi connectivity index (χ1n) is 7.31. The van der Waals surface area contributed by atoms with Gasteiger partial charge in [-0.3, -0.25) is 4.79 Å². The third kappa shape index (κ3) is 5.25. The molecule has 0 amide bonds. The van der Waals surface area contributed by atoms with Crippen LogP contribution in [-0.2, 0) is 4.79 Å². The average Bonchev–Trinajstić information content (AvgIpc) is 2.51. The van der Waals surface area contributed by atoms with Crippen molar-refractivity contribution in [3.63, 3.8) is 0 Å². The van der Waals surface area contributed by atoms with E-state index in [9.17, 15) is 9.18 Å². The molecule has 0 aliphatic rings. The summed E-state index contributed by atoms with van der Waals surface area (Å²) in [6.07, 6.45) is 0.754. The Morgan fingerprint density at radius 1 is 1.09 bits per heavy atom. The fourth-order valence-corrected chi connectivity index (χ4v) is 2.19. The fraction of sp³-hybridized carbons (Fsp3) is 0.278. The normalized spacial score (nSPS) is 10.4. The summed E-state index contributed by atoms with van der Waals surface area (Å²) in [7, 11) is 0. The quantitative estimate of drug-likeness (QED) is 0.429. The van der Waals surface area contributed by atoms with E-state index >= 15 is 0 Å². The summed E-state index contributed by atoms with van der Waals surface area (Å²) in [6.45, 7) is 4.24. The van der Waals surface area contributed by atoms with Crippen LogP contribution in [0.2, 0.25) is 5.02 Å². The second-order valence-corrected chi connectivity index (χ2v) is 5.63. The lowest BCUT2D eigenvalue weighted by Crippen LogP contribution is -2.10. The van der Waals surface area contributed by atoms with Gasteiger partial charge in [-0.1, -0.05) is 11.6 Å². The van der Waals surface area contributed by atoms with E-state index in [1.807, 2.05) is 26.0 Å². The molecule has 0 saturated heterocycles. The molecular formula is C18H18ClFO3. The Labute approximate surface area is 140 Å². The van der Waals surface area contributed by atoms with E-state index in [2.05, 4.69) is 0 Å². The van der Waals surface area contributed by atoms with Gasteiger partial charge in [0.25, 0.3) is 0 Å². The van der Waals surface area contributed by atoms with Crippen LogP contribution in [-0.4, -0.2) is 12.6 Å².